The van der Waals surface area contributed by atoms with Crippen LogP contribution in [-0.2, 0) is 12.7 Å². The van der Waals surface area contributed by atoms with Crippen LogP contribution in [0, 0.1) is 0 Å². The number of halogens is 4. The minimum Gasteiger partial charge on any atom is -0.481 e. The highest BCUT2D eigenvalue weighted by Gasteiger charge is 2.35. The van der Waals surface area contributed by atoms with Gasteiger partial charge in [0.05, 0.1) is 25.2 Å². The van der Waals surface area contributed by atoms with Crippen molar-refractivity contribution < 1.29 is 17.9 Å². The Labute approximate surface area is 160 Å². The first-order valence-electron chi connectivity index (χ1n) is 7.86. The second-order valence-electron chi connectivity index (χ2n) is 5.73. The van der Waals surface area contributed by atoms with Crippen LogP contribution in [-0.4, -0.2) is 41.6 Å². The molecule has 0 fully saturated rings. The molecule has 0 N–H and O–H groups in total. The first kappa shape index (κ1) is 18.2. The summed E-state index contributed by atoms with van der Waals surface area (Å²) in [4.78, 5) is 12.2. The Kier molecular flexibility index (Phi) is 4.38. The lowest BCUT2D eigenvalue weighted by Crippen LogP contribution is -2.08. The Morgan fingerprint density at radius 3 is 2.64 bits per heavy atom. The number of hydrogen-bond acceptors (Lipinski definition) is 6. The van der Waals surface area contributed by atoms with E-state index in [9.17, 15) is 13.2 Å². The number of pyridine rings is 1. The molecule has 0 saturated heterocycles. The molecule has 12 heteroatoms. The van der Waals surface area contributed by atoms with Crippen molar-refractivity contribution in [1.29, 1.82) is 0 Å². The van der Waals surface area contributed by atoms with Gasteiger partial charge in [0.1, 0.15) is 0 Å². The van der Waals surface area contributed by atoms with Crippen LogP contribution in [0.4, 0.5) is 13.2 Å². The molecule has 0 aliphatic carbocycles. The lowest BCUT2D eigenvalue weighted by Gasteiger charge is -2.07. The van der Waals surface area contributed by atoms with Gasteiger partial charge in [0.25, 0.3) is 0 Å². The topological polar surface area (TPSA) is 83.5 Å². The van der Waals surface area contributed by atoms with Gasteiger partial charge < -0.3 is 4.74 Å². The van der Waals surface area contributed by atoms with E-state index in [-0.39, 0.29) is 17.0 Å². The van der Waals surface area contributed by atoms with Gasteiger partial charge in [-0.25, -0.2) is 14.6 Å². The van der Waals surface area contributed by atoms with Gasteiger partial charge in [-0.1, -0.05) is 6.07 Å². The van der Waals surface area contributed by atoms with Crippen molar-refractivity contribution in [1.82, 2.24) is 34.5 Å². The monoisotopic (exact) mass is 409 g/mol. The number of methoxy groups -OCH3 is 1. The second kappa shape index (κ2) is 6.75. The van der Waals surface area contributed by atoms with Crippen LogP contribution < -0.4 is 4.74 Å². The van der Waals surface area contributed by atoms with E-state index < -0.39 is 11.9 Å². The lowest BCUT2D eigenvalue weighted by atomic mass is 10.3. The maximum absolute atomic E-state index is 12.9. The highest BCUT2D eigenvalue weighted by molar-refractivity contribution is 6.28. The molecule has 0 aliphatic heterocycles. The summed E-state index contributed by atoms with van der Waals surface area (Å²) in [5.41, 5.74) is 0.257. The average molecular weight is 410 g/mol. The minimum atomic E-state index is -4.58. The summed E-state index contributed by atoms with van der Waals surface area (Å²) in [6.45, 7) is 0.341. The van der Waals surface area contributed by atoms with Gasteiger partial charge in [-0.3, -0.25) is 0 Å². The molecule has 0 amide bonds. The molecule has 4 aromatic rings. The van der Waals surface area contributed by atoms with Gasteiger partial charge in [-0.15, -0.1) is 0 Å². The normalized spacial score (nSPS) is 11.9. The van der Waals surface area contributed by atoms with Crippen molar-refractivity contribution in [3.05, 3.63) is 53.3 Å². The third kappa shape index (κ3) is 3.36. The van der Waals surface area contributed by atoms with Crippen LogP contribution in [0.25, 0.3) is 16.9 Å². The Bertz CT molecular complexity index is 1140. The maximum atomic E-state index is 12.9. The van der Waals surface area contributed by atoms with Gasteiger partial charge in [-0.05, 0) is 23.2 Å². The molecule has 0 unspecified atom stereocenters. The van der Waals surface area contributed by atoms with Crippen LogP contribution in [0.15, 0.2) is 36.8 Å². The Morgan fingerprint density at radius 2 is 1.96 bits per heavy atom. The standard InChI is InChI=1S/C16H11ClF3N7O/c1-28-13-4-11(16(18,19)20)25-27(13)12-3-2-9(5-21-12)8-26-14-10(7-23-26)6-22-15(17)24-14/h2-7H,8H2,1H3. The molecule has 4 heterocycles. The van der Waals surface area contributed by atoms with E-state index in [1.807, 2.05) is 0 Å². The molecule has 144 valence electrons. The molecule has 28 heavy (non-hydrogen) atoms. The maximum Gasteiger partial charge on any atom is 0.435 e. The largest absolute Gasteiger partial charge is 0.481 e. The van der Waals surface area contributed by atoms with E-state index in [1.165, 1.54) is 13.3 Å². The number of nitrogens with zero attached hydrogens (tertiary/aromatic N) is 7. The van der Waals surface area contributed by atoms with Gasteiger partial charge in [0.15, 0.2) is 17.2 Å². The quantitative estimate of drug-likeness (QED) is 0.481. The fraction of sp³-hybridized carbons (Fsp3) is 0.188. The van der Waals surface area contributed by atoms with Gasteiger partial charge >= 0.3 is 6.18 Å². The van der Waals surface area contributed by atoms with Crippen molar-refractivity contribution >= 4 is 22.6 Å². The molecular weight excluding hydrogens is 399 g/mol. The summed E-state index contributed by atoms with van der Waals surface area (Å²) in [6.07, 6.45) is 0.112. The van der Waals surface area contributed by atoms with Crippen LogP contribution in [0.3, 0.4) is 0 Å². The van der Waals surface area contributed by atoms with Crippen LogP contribution in [0.1, 0.15) is 11.3 Å². The zero-order chi connectivity index (χ0) is 19.9. The van der Waals surface area contributed by atoms with E-state index in [2.05, 4.69) is 25.1 Å². The molecule has 4 rings (SSSR count). The molecule has 0 aliphatic rings. The highest BCUT2D eigenvalue weighted by Crippen LogP contribution is 2.31. The summed E-state index contributed by atoms with van der Waals surface area (Å²) in [6, 6.07) is 4.06. The molecular formula is C16H11ClF3N7O. The van der Waals surface area contributed by atoms with E-state index in [1.54, 1.807) is 29.2 Å². The fourth-order valence-electron chi connectivity index (χ4n) is 2.58. The third-order valence-electron chi connectivity index (χ3n) is 3.88. The zero-order valence-electron chi connectivity index (χ0n) is 14.2. The number of ether oxygens (including phenoxy) is 1. The van der Waals surface area contributed by atoms with E-state index in [0.29, 0.717) is 12.2 Å². The number of aromatic nitrogens is 7. The van der Waals surface area contributed by atoms with Crippen molar-refractivity contribution in [3.8, 4) is 11.7 Å². The Balaban J connectivity index is 1.62. The zero-order valence-corrected chi connectivity index (χ0v) is 15.0. The second-order valence-corrected chi connectivity index (χ2v) is 6.06. The highest BCUT2D eigenvalue weighted by atomic mass is 35.5. The predicted molar refractivity (Wildman–Crippen MR) is 92.3 cm³/mol. The Hall–Kier alpha value is -3.21. The van der Waals surface area contributed by atoms with Crippen LogP contribution >= 0.6 is 11.6 Å². The summed E-state index contributed by atoms with van der Waals surface area (Å²) in [7, 11) is 1.26. The van der Waals surface area contributed by atoms with E-state index in [4.69, 9.17) is 16.3 Å². The molecule has 0 spiro atoms. The van der Waals surface area contributed by atoms with Gasteiger partial charge in [-0.2, -0.15) is 33.0 Å². The first-order chi connectivity index (χ1) is 13.3. The third-order valence-corrected chi connectivity index (χ3v) is 4.06. The average Bonchev–Trinajstić information content (AvgIpc) is 3.27. The SMILES string of the molecule is COc1cc(C(F)(F)F)nn1-c1ccc(Cn2ncc3cnc(Cl)nc32)cn1. The molecule has 4 aromatic heterocycles. The van der Waals surface area contributed by atoms with Crippen LogP contribution in [0.5, 0.6) is 5.88 Å². The smallest absolute Gasteiger partial charge is 0.435 e. The van der Waals surface area contributed by atoms with Crippen molar-refractivity contribution in [2.24, 2.45) is 0 Å². The molecule has 0 aromatic carbocycles. The van der Waals surface area contributed by atoms with Crippen molar-refractivity contribution in [3.63, 3.8) is 0 Å². The summed E-state index contributed by atoms with van der Waals surface area (Å²) in [5.74, 6) is 0.115. The van der Waals surface area contributed by atoms with Crippen molar-refractivity contribution in [2.45, 2.75) is 12.7 Å². The van der Waals surface area contributed by atoms with Crippen LogP contribution in [0.2, 0.25) is 5.28 Å². The Morgan fingerprint density at radius 1 is 1.14 bits per heavy atom. The fourth-order valence-corrected chi connectivity index (χ4v) is 2.71. The predicted octanol–water partition coefficient (Wildman–Crippen LogP) is 3.14. The molecule has 0 atom stereocenters. The lowest BCUT2D eigenvalue weighted by molar-refractivity contribution is -0.141. The summed E-state index contributed by atoms with van der Waals surface area (Å²) < 4.78 is 46.2. The summed E-state index contributed by atoms with van der Waals surface area (Å²) in [5, 5.41) is 8.61. The number of rotatable bonds is 4. The van der Waals surface area contributed by atoms with Crippen molar-refractivity contribution in [2.75, 3.05) is 7.11 Å². The number of fused-ring (bicyclic) bond motifs is 1. The minimum absolute atomic E-state index is 0.0722. The summed E-state index contributed by atoms with van der Waals surface area (Å²) >= 11 is 5.82. The molecule has 0 radical (unpaired) electrons. The number of alkyl halides is 3. The van der Waals surface area contributed by atoms with E-state index >= 15 is 0 Å². The molecule has 0 saturated carbocycles. The van der Waals surface area contributed by atoms with Gasteiger partial charge in [0.2, 0.25) is 11.2 Å². The molecule has 0 bridgehead atoms. The number of hydrogen-bond donors (Lipinski definition) is 0. The first-order valence-corrected chi connectivity index (χ1v) is 8.23. The van der Waals surface area contributed by atoms with Gasteiger partial charge in [0, 0.05) is 18.5 Å². The molecule has 8 nitrogen and oxygen atoms in total. The van der Waals surface area contributed by atoms with E-state index in [0.717, 1.165) is 21.7 Å².